The molecule has 0 aliphatic carbocycles. The summed E-state index contributed by atoms with van der Waals surface area (Å²) in [5.74, 6) is 0. The fraction of sp³-hybridized carbons (Fsp3) is 0.0769. The third-order valence-electron chi connectivity index (χ3n) is 3.12. The molecule has 0 aliphatic heterocycles. The number of nitrogens with zero attached hydrogens (tertiary/aromatic N) is 3. The first-order valence-electron chi connectivity index (χ1n) is 5.91. The molecule has 0 unspecified atom stereocenters. The van der Waals surface area contributed by atoms with E-state index in [-0.39, 0.29) is 11.2 Å². The summed E-state index contributed by atoms with van der Waals surface area (Å²) >= 11 is 0. The summed E-state index contributed by atoms with van der Waals surface area (Å²) in [5.41, 5.74) is 1.36. The maximum atomic E-state index is 12.0. The minimum absolute atomic E-state index is 0.0125. The van der Waals surface area contributed by atoms with E-state index in [1.165, 1.54) is 12.1 Å². The number of hydrogen-bond acceptors (Lipinski definition) is 3. The summed E-state index contributed by atoms with van der Waals surface area (Å²) in [4.78, 5) is 25.1. The van der Waals surface area contributed by atoms with Gasteiger partial charge in [-0.15, -0.1) is 0 Å². The number of aryl methyl sites for hydroxylation is 1. The highest BCUT2D eigenvalue weighted by Crippen LogP contribution is 2.21. The zero-order valence-electron chi connectivity index (χ0n) is 10.6. The molecule has 0 saturated heterocycles. The molecular weight excluding hydrogens is 260 g/mol. The first-order chi connectivity index (χ1) is 9.56. The summed E-state index contributed by atoms with van der Waals surface area (Å²) < 4.78 is 3.39. The number of aromatic amines is 1. The van der Waals surface area contributed by atoms with Gasteiger partial charge in [0, 0.05) is 17.7 Å². The van der Waals surface area contributed by atoms with E-state index in [1.54, 1.807) is 46.7 Å². The average Bonchev–Trinajstić information content (AvgIpc) is 2.81. The van der Waals surface area contributed by atoms with Gasteiger partial charge in [-0.2, -0.15) is 4.40 Å². The van der Waals surface area contributed by atoms with Crippen molar-refractivity contribution in [2.24, 2.45) is 7.05 Å². The van der Waals surface area contributed by atoms with E-state index in [9.17, 15) is 14.9 Å². The fourth-order valence-electron chi connectivity index (χ4n) is 2.16. The number of non-ortho nitro benzene ring substituents is 1. The minimum Gasteiger partial charge on any atom is -0.312 e. The van der Waals surface area contributed by atoms with Crippen LogP contribution in [0.4, 0.5) is 5.69 Å². The van der Waals surface area contributed by atoms with Gasteiger partial charge in [0.05, 0.1) is 17.7 Å². The first-order valence-corrected chi connectivity index (χ1v) is 5.91. The van der Waals surface area contributed by atoms with Crippen LogP contribution in [0.1, 0.15) is 0 Å². The van der Waals surface area contributed by atoms with Crippen molar-refractivity contribution in [3.8, 4) is 11.3 Å². The lowest BCUT2D eigenvalue weighted by Gasteiger charge is -2.00. The smallest absolute Gasteiger partial charge is 0.312 e. The topological polar surface area (TPSA) is 84.3 Å². The quantitative estimate of drug-likeness (QED) is 0.429. The maximum Gasteiger partial charge on any atom is 0.352 e. The number of nitrogens with one attached hydrogen (secondary N) is 1. The molecule has 0 fully saturated rings. The summed E-state index contributed by atoms with van der Waals surface area (Å²) in [6.07, 6.45) is 5.25. The van der Waals surface area contributed by atoms with Crippen LogP contribution in [0.5, 0.6) is 0 Å². The SMILES string of the molecule is C[n+]1ccn2cc(-c3cccc([N+](=O)[O-])c3)[nH]c(=O)c21. The molecule has 3 rings (SSSR count). The first kappa shape index (κ1) is 12.1. The van der Waals surface area contributed by atoms with Crippen LogP contribution in [0, 0.1) is 10.1 Å². The number of rotatable bonds is 2. The Labute approximate surface area is 112 Å². The van der Waals surface area contributed by atoms with Crippen molar-refractivity contribution >= 4 is 11.3 Å². The van der Waals surface area contributed by atoms with Crippen molar-refractivity contribution in [1.82, 2.24) is 9.38 Å². The molecule has 100 valence electrons. The highest BCUT2D eigenvalue weighted by atomic mass is 16.6. The predicted molar refractivity (Wildman–Crippen MR) is 71.3 cm³/mol. The second-order valence-corrected chi connectivity index (χ2v) is 4.44. The number of fused-ring (bicyclic) bond motifs is 1. The molecule has 7 nitrogen and oxygen atoms in total. The molecule has 3 aromatic rings. The van der Waals surface area contributed by atoms with E-state index >= 15 is 0 Å². The average molecular weight is 271 g/mol. The second-order valence-electron chi connectivity index (χ2n) is 4.44. The van der Waals surface area contributed by atoms with Crippen LogP contribution in [0.15, 0.2) is 47.7 Å². The Bertz CT molecular complexity index is 879. The number of imidazole rings is 1. The maximum absolute atomic E-state index is 12.0. The van der Waals surface area contributed by atoms with Crippen LogP contribution in [-0.2, 0) is 7.05 Å². The lowest BCUT2D eigenvalue weighted by molar-refractivity contribution is -0.645. The Morgan fingerprint density at radius 3 is 2.95 bits per heavy atom. The van der Waals surface area contributed by atoms with Gasteiger partial charge in [0.2, 0.25) is 0 Å². The third-order valence-corrected chi connectivity index (χ3v) is 3.12. The van der Waals surface area contributed by atoms with Crippen molar-refractivity contribution in [3.63, 3.8) is 0 Å². The van der Waals surface area contributed by atoms with Crippen LogP contribution >= 0.6 is 0 Å². The van der Waals surface area contributed by atoms with E-state index in [0.717, 1.165) is 0 Å². The molecule has 0 aliphatic rings. The summed E-state index contributed by atoms with van der Waals surface area (Å²) in [7, 11) is 1.78. The van der Waals surface area contributed by atoms with Gasteiger partial charge in [-0.3, -0.25) is 14.9 Å². The number of hydrogen-bond donors (Lipinski definition) is 1. The van der Waals surface area contributed by atoms with Gasteiger partial charge >= 0.3 is 11.2 Å². The minimum atomic E-state index is -0.463. The molecule has 2 heterocycles. The van der Waals surface area contributed by atoms with Gasteiger partial charge in [0.15, 0.2) is 0 Å². The predicted octanol–water partition coefficient (Wildman–Crippen LogP) is 1.03. The summed E-state index contributed by atoms with van der Waals surface area (Å²) in [6, 6.07) is 6.15. The van der Waals surface area contributed by atoms with Crippen molar-refractivity contribution in [2.45, 2.75) is 0 Å². The van der Waals surface area contributed by atoms with E-state index in [0.29, 0.717) is 16.9 Å². The highest BCUT2D eigenvalue weighted by molar-refractivity contribution is 5.62. The fourth-order valence-corrected chi connectivity index (χ4v) is 2.16. The number of benzene rings is 1. The number of nitro benzene ring substituents is 1. The highest BCUT2D eigenvalue weighted by Gasteiger charge is 2.15. The number of aromatic nitrogens is 3. The molecule has 0 amide bonds. The zero-order chi connectivity index (χ0) is 14.3. The van der Waals surface area contributed by atoms with Crippen LogP contribution in [0.2, 0.25) is 0 Å². The molecule has 1 aromatic carbocycles. The number of H-pyrrole nitrogens is 1. The van der Waals surface area contributed by atoms with Gasteiger partial charge in [-0.25, -0.2) is 4.57 Å². The van der Waals surface area contributed by atoms with Gasteiger partial charge in [-0.05, 0) is 0 Å². The van der Waals surface area contributed by atoms with Crippen LogP contribution in [0.3, 0.4) is 0 Å². The molecule has 0 bridgehead atoms. The van der Waals surface area contributed by atoms with Gasteiger partial charge in [0.25, 0.3) is 5.69 Å². The van der Waals surface area contributed by atoms with E-state index in [1.807, 2.05) is 0 Å². The Hall–Kier alpha value is -2.96. The summed E-state index contributed by atoms with van der Waals surface area (Å²) in [5, 5.41) is 10.8. The Balaban J connectivity index is 2.22. The molecule has 0 atom stereocenters. The monoisotopic (exact) mass is 271 g/mol. The molecule has 1 N–H and O–H groups in total. The Kier molecular flexibility index (Phi) is 2.60. The lowest BCUT2D eigenvalue weighted by Crippen LogP contribution is -2.32. The molecular formula is C13H11N4O3+. The molecule has 0 spiro atoms. The van der Waals surface area contributed by atoms with Crippen molar-refractivity contribution in [3.05, 3.63) is 63.3 Å². The summed E-state index contributed by atoms with van der Waals surface area (Å²) in [6.45, 7) is 0. The molecule has 0 radical (unpaired) electrons. The van der Waals surface area contributed by atoms with Crippen molar-refractivity contribution < 1.29 is 9.49 Å². The van der Waals surface area contributed by atoms with Crippen molar-refractivity contribution in [1.29, 1.82) is 0 Å². The molecule has 7 heteroatoms. The van der Waals surface area contributed by atoms with E-state index in [4.69, 9.17) is 0 Å². The molecule has 2 aromatic heterocycles. The van der Waals surface area contributed by atoms with Gasteiger partial charge in [-0.1, -0.05) is 12.1 Å². The third kappa shape index (κ3) is 1.85. The Morgan fingerprint density at radius 2 is 2.20 bits per heavy atom. The van der Waals surface area contributed by atoms with Crippen LogP contribution in [-0.4, -0.2) is 14.3 Å². The largest absolute Gasteiger partial charge is 0.352 e. The zero-order valence-corrected chi connectivity index (χ0v) is 10.6. The van der Waals surface area contributed by atoms with Crippen molar-refractivity contribution in [2.75, 3.05) is 0 Å². The van der Waals surface area contributed by atoms with E-state index in [2.05, 4.69) is 4.98 Å². The molecule has 0 saturated carbocycles. The molecule has 20 heavy (non-hydrogen) atoms. The van der Waals surface area contributed by atoms with Crippen LogP contribution < -0.4 is 10.1 Å². The Morgan fingerprint density at radius 1 is 1.40 bits per heavy atom. The van der Waals surface area contributed by atoms with Gasteiger partial charge < -0.3 is 4.98 Å². The van der Waals surface area contributed by atoms with E-state index < -0.39 is 4.92 Å². The second kappa shape index (κ2) is 4.30. The normalized spacial score (nSPS) is 10.8. The lowest BCUT2D eigenvalue weighted by atomic mass is 10.1. The number of nitro groups is 1. The standard InChI is InChI=1S/C13H10N4O3/c1-15-5-6-16-8-11(14-12(18)13(15)16)9-3-2-4-10(7-9)17(19)20/h2-8H,1H3/p+1. The van der Waals surface area contributed by atoms with Gasteiger partial charge in [0.1, 0.15) is 18.6 Å². The van der Waals surface area contributed by atoms with Crippen LogP contribution in [0.25, 0.3) is 16.9 Å².